The molecule has 0 aromatic rings. The Hall–Kier alpha value is -0.0400. The second-order valence-corrected chi connectivity index (χ2v) is 7.43. The number of rotatable bonds is 4. The molecule has 0 heterocycles. The summed E-state index contributed by atoms with van der Waals surface area (Å²) in [6.45, 7) is 9.70. The highest BCUT2D eigenvalue weighted by atomic mass is 15.0. The Balaban J connectivity index is 1.90. The zero-order valence-corrected chi connectivity index (χ0v) is 12.9. The minimum Gasteiger partial charge on any atom is -0.311 e. The molecule has 1 heteroatoms. The van der Waals surface area contributed by atoms with Crippen molar-refractivity contribution in [2.45, 2.75) is 84.7 Å². The van der Waals surface area contributed by atoms with Gasteiger partial charge < -0.3 is 5.32 Å². The first kappa shape index (κ1) is 14.4. The summed E-state index contributed by atoms with van der Waals surface area (Å²) in [5, 5.41) is 4.02. The van der Waals surface area contributed by atoms with Crippen LogP contribution in [0.25, 0.3) is 0 Å². The SMILES string of the molecule is CC1CCC(C(C)C)C(N[C@@H](C)C2CCCC2)C1. The molecule has 2 rings (SSSR count). The Labute approximate surface area is 114 Å². The molecule has 2 saturated carbocycles. The lowest BCUT2D eigenvalue weighted by Crippen LogP contribution is -2.48. The summed E-state index contributed by atoms with van der Waals surface area (Å²) in [5.74, 6) is 3.62. The van der Waals surface area contributed by atoms with Gasteiger partial charge in [-0.1, -0.05) is 40.0 Å². The zero-order chi connectivity index (χ0) is 13.1. The van der Waals surface area contributed by atoms with E-state index in [4.69, 9.17) is 0 Å². The Morgan fingerprint density at radius 3 is 2.22 bits per heavy atom. The second kappa shape index (κ2) is 6.41. The summed E-state index contributed by atoms with van der Waals surface area (Å²) in [6, 6.07) is 1.52. The third kappa shape index (κ3) is 3.50. The molecule has 0 radical (unpaired) electrons. The molecule has 106 valence electrons. The van der Waals surface area contributed by atoms with Crippen LogP contribution in [0.3, 0.4) is 0 Å². The van der Waals surface area contributed by atoms with Crippen molar-refractivity contribution in [1.82, 2.24) is 5.32 Å². The Morgan fingerprint density at radius 1 is 0.944 bits per heavy atom. The lowest BCUT2D eigenvalue weighted by Gasteiger charge is -2.40. The van der Waals surface area contributed by atoms with Crippen molar-refractivity contribution in [3.05, 3.63) is 0 Å². The van der Waals surface area contributed by atoms with E-state index in [1.165, 1.54) is 44.9 Å². The van der Waals surface area contributed by atoms with Crippen LogP contribution in [-0.4, -0.2) is 12.1 Å². The van der Waals surface area contributed by atoms with Gasteiger partial charge in [-0.15, -0.1) is 0 Å². The van der Waals surface area contributed by atoms with Crippen molar-refractivity contribution < 1.29 is 0 Å². The van der Waals surface area contributed by atoms with Crippen molar-refractivity contribution in [2.24, 2.45) is 23.7 Å². The highest BCUT2D eigenvalue weighted by Crippen LogP contribution is 2.35. The van der Waals surface area contributed by atoms with Crippen LogP contribution in [0, 0.1) is 23.7 Å². The molecule has 4 atom stereocenters. The second-order valence-electron chi connectivity index (χ2n) is 7.43. The van der Waals surface area contributed by atoms with Crippen LogP contribution in [0.2, 0.25) is 0 Å². The van der Waals surface area contributed by atoms with Crippen LogP contribution in [-0.2, 0) is 0 Å². The molecule has 2 aliphatic rings. The molecule has 0 aromatic heterocycles. The van der Waals surface area contributed by atoms with E-state index in [2.05, 4.69) is 33.0 Å². The first-order chi connectivity index (χ1) is 8.58. The van der Waals surface area contributed by atoms with Crippen molar-refractivity contribution in [3.63, 3.8) is 0 Å². The van der Waals surface area contributed by atoms with Crippen molar-refractivity contribution in [2.75, 3.05) is 0 Å². The van der Waals surface area contributed by atoms with E-state index >= 15 is 0 Å². The maximum Gasteiger partial charge on any atom is 0.0103 e. The van der Waals surface area contributed by atoms with Crippen LogP contribution in [0.5, 0.6) is 0 Å². The number of hydrogen-bond acceptors (Lipinski definition) is 1. The molecule has 1 nitrogen and oxygen atoms in total. The Bertz CT molecular complexity index is 242. The zero-order valence-electron chi connectivity index (χ0n) is 12.9. The van der Waals surface area contributed by atoms with Gasteiger partial charge in [0.2, 0.25) is 0 Å². The lowest BCUT2D eigenvalue weighted by molar-refractivity contribution is 0.150. The maximum absolute atomic E-state index is 4.02. The van der Waals surface area contributed by atoms with Gasteiger partial charge in [0.05, 0.1) is 0 Å². The van der Waals surface area contributed by atoms with Gasteiger partial charge in [-0.25, -0.2) is 0 Å². The summed E-state index contributed by atoms with van der Waals surface area (Å²) >= 11 is 0. The van der Waals surface area contributed by atoms with Gasteiger partial charge in [0, 0.05) is 12.1 Å². The highest BCUT2D eigenvalue weighted by Gasteiger charge is 2.33. The average molecular weight is 251 g/mol. The molecule has 3 unspecified atom stereocenters. The molecule has 0 bridgehead atoms. The summed E-state index contributed by atoms with van der Waals surface area (Å²) in [6.07, 6.45) is 10.1. The van der Waals surface area contributed by atoms with E-state index in [1.54, 1.807) is 0 Å². The van der Waals surface area contributed by atoms with E-state index in [0.717, 1.165) is 35.8 Å². The van der Waals surface area contributed by atoms with Gasteiger partial charge >= 0.3 is 0 Å². The molecule has 0 aliphatic heterocycles. The van der Waals surface area contributed by atoms with Crippen LogP contribution >= 0.6 is 0 Å². The molecular weight excluding hydrogens is 218 g/mol. The summed E-state index contributed by atoms with van der Waals surface area (Å²) in [4.78, 5) is 0. The first-order valence-electron chi connectivity index (χ1n) is 8.34. The van der Waals surface area contributed by atoms with Crippen LogP contribution in [0.4, 0.5) is 0 Å². The van der Waals surface area contributed by atoms with Crippen molar-refractivity contribution in [3.8, 4) is 0 Å². The minimum atomic E-state index is 0.740. The first-order valence-corrected chi connectivity index (χ1v) is 8.34. The fraction of sp³-hybridized carbons (Fsp3) is 1.00. The smallest absolute Gasteiger partial charge is 0.0103 e. The van der Waals surface area contributed by atoms with Gasteiger partial charge in [-0.05, 0) is 56.3 Å². The molecule has 0 saturated heterocycles. The van der Waals surface area contributed by atoms with Gasteiger partial charge in [0.25, 0.3) is 0 Å². The topological polar surface area (TPSA) is 12.0 Å². The predicted molar refractivity (Wildman–Crippen MR) is 79.7 cm³/mol. The molecule has 18 heavy (non-hydrogen) atoms. The molecule has 0 spiro atoms. The summed E-state index contributed by atoms with van der Waals surface area (Å²) in [5.41, 5.74) is 0. The fourth-order valence-electron chi connectivity index (χ4n) is 4.33. The normalized spacial score (nSPS) is 36.2. The lowest BCUT2D eigenvalue weighted by atomic mass is 9.73. The van der Waals surface area contributed by atoms with Crippen molar-refractivity contribution >= 4 is 0 Å². The number of hydrogen-bond donors (Lipinski definition) is 1. The van der Waals surface area contributed by atoms with Crippen LogP contribution in [0.15, 0.2) is 0 Å². The standard InChI is InChI=1S/C17H33N/c1-12(2)16-10-9-13(3)11-17(16)18-14(4)15-7-5-6-8-15/h12-18H,5-11H2,1-4H3/t13?,14-,16?,17?/m0/s1. The monoisotopic (exact) mass is 251 g/mol. The molecule has 0 aromatic carbocycles. The Morgan fingerprint density at radius 2 is 1.61 bits per heavy atom. The average Bonchev–Trinajstić information content (AvgIpc) is 2.81. The van der Waals surface area contributed by atoms with Crippen molar-refractivity contribution in [1.29, 1.82) is 0 Å². The molecular formula is C17H33N. The third-order valence-electron chi connectivity index (χ3n) is 5.61. The molecule has 2 fully saturated rings. The Kier molecular flexibility index (Phi) is 5.12. The van der Waals surface area contributed by atoms with Gasteiger partial charge in [0.1, 0.15) is 0 Å². The quantitative estimate of drug-likeness (QED) is 0.769. The molecule has 1 N–H and O–H groups in total. The fourth-order valence-corrected chi connectivity index (χ4v) is 4.33. The van der Waals surface area contributed by atoms with Gasteiger partial charge in [0.15, 0.2) is 0 Å². The van der Waals surface area contributed by atoms with Crippen LogP contribution < -0.4 is 5.32 Å². The predicted octanol–water partition coefficient (Wildman–Crippen LogP) is 4.62. The van der Waals surface area contributed by atoms with E-state index in [9.17, 15) is 0 Å². The van der Waals surface area contributed by atoms with E-state index in [0.29, 0.717) is 0 Å². The van der Waals surface area contributed by atoms with Gasteiger partial charge in [-0.2, -0.15) is 0 Å². The molecule has 0 amide bonds. The van der Waals surface area contributed by atoms with E-state index in [-0.39, 0.29) is 0 Å². The third-order valence-corrected chi connectivity index (χ3v) is 5.61. The van der Waals surface area contributed by atoms with Gasteiger partial charge in [-0.3, -0.25) is 0 Å². The van der Waals surface area contributed by atoms with E-state index < -0.39 is 0 Å². The molecule has 2 aliphatic carbocycles. The maximum atomic E-state index is 4.02. The summed E-state index contributed by atoms with van der Waals surface area (Å²) < 4.78 is 0. The summed E-state index contributed by atoms with van der Waals surface area (Å²) in [7, 11) is 0. The van der Waals surface area contributed by atoms with Crippen LogP contribution in [0.1, 0.15) is 72.6 Å². The minimum absolute atomic E-state index is 0.740. The van der Waals surface area contributed by atoms with E-state index in [1.807, 2.05) is 0 Å². The largest absolute Gasteiger partial charge is 0.311 e. The highest BCUT2D eigenvalue weighted by molar-refractivity contribution is 4.89. The number of nitrogens with one attached hydrogen (secondary N) is 1.